The van der Waals surface area contributed by atoms with E-state index in [0.29, 0.717) is 5.02 Å². The first-order chi connectivity index (χ1) is 8.36. The predicted octanol–water partition coefficient (Wildman–Crippen LogP) is 3.84. The standard InChI is InChI=1S/C11H14BrCl2NO2S/c1-8(3-2-6-12)15-18(16,17)9-4-5-10(13)11(14)7-9/h4-5,7-8,15H,2-3,6H2,1H3. The van der Waals surface area contributed by atoms with Gasteiger partial charge in [-0.2, -0.15) is 0 Å². The number of hydrogen-bond donors (Lipinski definition) is 1. The SMILES string of the molecule is CC(CCCBr)NS(=O)(=O)c1ccc(Cl)c(Cl)c1. The number of benzene rings is 1. The van der Waals surface area contributed by atoms with Crippen molar-refractivity contribution in [2.24, 2.45) is 0 Å². The molecule has 0 aliphatic heterocycles. The molecule has 18 heavy (non-hydrogen) atoms. The van der Waals surface area contributed by atoms with Gasteiger partial charge in [0.05, 0.1) is 14.9 Å². The number of hydrogen-bond acceptors (Lipinski definition) is 2. The van der Waals surface area contributed by atoms with Gasteiger partial charge in [0.2, 0.25) is 10.0 Å². The van der Waals surface area contributed by atoms with Crippen molar-refractivity contribution in [3.05, 3.63) is 28.2 Å². The summed E-state index contributed by atoms with van der Waals surface area (Å²) in [5, 5.41) is 1.42. The molecule has 3 nitrogen and oxygen atoms in total. The van der Waals surface area contributed by atoms with Crippen molar-refractivity contribution in [2.75, 3.05) is 5.33 Å². The molecule has 1 unspecified atom stereocenters. The van der Waals surface area contributed by atoms with Crippen molar-refractivity contribution in [1.29, 1.82) is 0 Å². The molecule has 1 N–H and O–H groups in total. The van der Waals surface area contributed by atoms with Crippen LogP contribution in [0.25, 0.3) is 0 Å². The first-order valence-corrected chi connectivity index (χ1v) is 8.76. The van der Waals surface area contributed by atoms with Gasteiger partial charge < -0.3 is 0 Å². The Kier molecular flexibility index (Phi) is 6.41. The normalized spacial score (nSPS) is 13.6. The van der Waals surface area contributed by atoms with Crippen LogP contribution >= 0.6 is 39.1 Å². The summed E-state index contributed by atoms with van der Waals surface area (Å²) < 4.78 is 26.7. The number of sulfonamides is 1. The molecule has 0 saturated heterocycles. The Hall–Kier alpha value is 0.190. The molecule has 7 heteroatoms. The average molecular weight is 375 g/mol. The van der Waals surface area contributed by atoms with E-state index in [2.05, 4.69) is 20.7 Å². The van der Waals surface area contributed by atoms with E-state index in [1.54, 1.807) is 0 Å². The second-order valence-electron chi connectivity index (χ2n) is 3.93. The van der Waals surface area contributed by atoms with Crippen molar-refractivity contribution in [1.82, 2.24) is 4.72 Å². The number of nitrogens with one attached hydrogen (secondary N) is 1. The lowest BCUT2D eigenvalue weighted by Crippen LogP contribution is -2.32. The molecule has 1 atom stereocenters. The Bertz CT molecular complexity index is 508. The summed E-state index contributed by atoms with van der Waals surface area (Å²) in [4.78, 5) is 0.127. The van der Waals surface area contributed by atoms with Gasteiger partial charge >= 0.3 is 0 Å². The smallest absolute Gasteiger partial charge is 0.208 e. The summed E-state index contributed by atoms with van der Waals surface area (Å²) in [6, 6.07) is 4.14. The largest absolute Gasteiger partial charge is 0.240 e. The van der Waals surface area contributed by atoms with Crippen molar-refractivity contribution >= 4 is 49.2 Å². The van der Waals surface area contributed by atoms with Crippen LogP contribution in [-0.4, -0.2) is 19.8 Å². The van der Waals surface area contributed by atoms with Crippen LogP contribution in [0.4, 0.5) is 0 Å². The summed E-state index contributed by atoms with van der Waals surface area (Å²) in [5.74, 6) is 0. The molecule has 0 aliphatic carbocycles. The molecule has 0 spiro atoms. The summed E-state index contributed by atoms with van der Waals surface area (Å²) in [7, 11) is -3.54. The van der Waals surface area contributed by atoms with Gasteiger partial charge in [0, 0.05) is 11.4 Å². The van der Waals surface area contributed by atoms with Gasteiger partial charge in [-0.3, -0.25) is 0 Å². The maximum Gasteiger partial charge on any atom is 0.240 e. The van der Waals surface area contributed by atoms with Crippen LogP contribution in [0.1, 0.15) is 19.8 Å². The molecule has 1 rings (SSSR count). The number of alkyl halides is 1. The zero-order chi connectivity index (χ0) is 13.8. The van der Waals surface area contributed by atoms with E-state index in [0.717, 1.165) is 18.2 Å². The van der Waals surface area contributed by atoms with Gasteiger partial charge in [0.25, 0.3) is 0 Å². The van der Waals surface area contributed by atoms with Gasteiger partial charge in [0.1, 0.15) is 0 Å². The third-order valence-corrected chi connectivity index (χ3v) is 5.22. The maximum atomic E-state index is 12.0. The summed E-state index contributed by atoms with van der Waals surface area (Å²) in [6.45, 7) is 1.83. The van der Waals surface area contributed by atoms with Gasteiger partial charge in [-0.1, -0.05) is 39.1 Å². The highest BCUT2D eigenvalue weighted by molar-refractivity contribution is 9.09. The molecular formula is C11H14BrCl2NO2S. The third kappa shape index (κ3) is 4.70. The van der Waals surface area contributed by atoms with E-state index >= 15 is 0 Å². The van der Waals surface area contributed by atoms with Crippen LogP contribution in [-0.2, 0) is 10.0 Å². The lowest BCUT2D eigenvalue weighted by Gasteiger charge is -2.13. The summed E-state index contributed by atoms with van der Waals surface area (Å²) in [5.41, 5.74) is 0. The molecule has 102 valence electrons. The Labute approximate surface area is 126 Å². The van der Waals surface area contributed by atoms with E-state index in [9.17, 15) is 8.42 Å². The molecule has 0 heterocycles. The molecular weight excluding hydrogens is 361 g/mol. The highest BCUT2D eigenvalue weighted by Gasteiger charge is 2.18. The summed E-state index contributed by atoms with van der Waals surface area (Å²) in [6.07, 6.45) is 1.68. The Balaban J connectivity index is 2.83. The van der Waals surface area contributed by atoms with Gasteiger partial charge in [-0.05, 0) is 38.0 Å². The molecule has 0 fully saturated rings. The van der Waals surface area contributed by atoms with Crippen LogP contribution in [0.15, 0.2) is 23.1 Å². The lowest BCUT2D eigenvalue weighted by molar-refractivity contribution is 0.545. The fraction of sp³-hybridized carbons (Fsp3) is 0.455. The fourth-order valence-corrected chi connectivity index (χ4v) is 3.41. The van der Waals surface area contributed by atoms with Crippen LogP contribution in [0.3, 0.4) is 0 Å². The molecule has 0 radical (unpaired) electrons. The van der Waals surface area contributed by atoms with Crippen LogP contribution < -0.4 is 4.72 Å². The first-order valence-electron chi connectivity index (χ1n) is 5.40. The summed E-state index contributed by atoms with van der Waals surface area (Å²) >= 11 is 14.9. The highest BCUT2D eigenvalue weighted by Crippen LogP contribution is 2.24. The lowest BCUT2D eigenvalue weighted by atomic mass is 10.2. The van der Waals surface area contributed by atoms with Crippen LogP contribution in [0.2, 0.25) is 10.0 Å². The van der Waals surface area contributed by atoms with E-state index in [1.165, 1.54) is 18.2 Å². The molecule has 0 aromatic heterocycles. The number of rotatable bonds is 6. The second-order valence-corrected chi connectivity index (χ2v) is 7.25. The monoisotopic (exact) mass is 373 g/mol. The highest BCUT2D eigenvalue weighted by atomic mass is 79.9. The zero-order valence-corrected chi connectivity index (χ0v) is 13.7. The molecule has 0 saturated carbocycles. The maximum absolute atomic E-state index is 12.0. The Morgan fingerprint density at radius 1 is 1.33 bits per heavy atom. The molecule has 0 aliphatic rings. The second kappa shape index (κ2) is 7.10. The predicted molar refractivity (Wildman–Crippen MR) is 79.3 cm³/mol. The third-order valence-electron chi connectivity index (χ3n) is 2.33. The van der Waals surface area contributed by atoms with Crippen molar-refractivity contribution < 1.29 is 8.42 Å². The van der Waals surface area contributed by atoms with E-state index in [4.69, 9.17) is 23.2 Å². The zero-order valence-electron chi connectivity index (χ0n) is 9.79. The Morgan fingerprint density at radius 2 is 2.00 bits per heavy atom. The minimum atomic E-state index is -3.54. The minimum absolute atomic E-state index is 0.123. The minimum Gasteiger partial charge on any atom is -0.208 e. The number of halogens is 3. The average Bonchev–Trinajstić information content (AvgIpc) is 2.29. The van der Waals surface area contributed by atoms with E-state index in [1.807, 2.05) is 6.92 Å². The van der Waals surface area contributed by atoms with Crippen molar-refractivity contribution in [2.45, 2.75) is 30.7 Å². The molecule has 1 aromatic rings. The molecule has 1 aromatic carbocycles. The molecule has 0 amide bonds. The van der Waals surface area contributed by atoms with E-state index in [-0.39, 0.29) is 16.0 Å². The quantitative estimate of drug-likeness (QED) is 0.769. The topological polar surface area (TPSA) is 46.2 Å². The van der Waals surface area contributed by atoms with Crippen LogP contribution in [0.5, 0.6) is 0 Å². The Morgan fingerprint density at radius 3 is 2.56 bits per heavy atom. The van der Waals surface area contributed by atoms with Gasteiger partial charge in [-0.25, -0.2) is 13.1 Å². The fourth-order valence-electron chi connectivity index (χ4n) is 1.42. The van der Waals surface area contributed by atoms with Gasteiger partial charge in [0.15, 0.2) is 0 Å². The van der Waals surface area contributed by atoms with E-state index < -0.39 is 10.0 Å². The van der Waals surface area contributed by atoms with Crippen molar-refractivity contribution in [3.63, 3.8) is 0 Å². The van der Waals surface area contributed by atoms with Gasteiger partial charge in [-0.15, -0.1) is 0 Å². The molecule has 0 bridgehead atoms. The van der Waals surface area contributed by atoms with Crippen LogP contribution in [0, 0.1) is 0 Å². The van der Waals surface area contributed by atoms with Crippen molar-refractivity contribution in [3.8, 4) is 0 Å². The first kappa shape index (κ1) is 16.2.